The minimum absolute atomic E-state index is 0.137. The Labute approximate surface area is 177 Å². The molecule has 0 unspecified atom stereocenters. The van der Waals surface area contributed by atoms with Crippen molar-refractivity contribution in [2.45, 2.75) is 5.22 Å². The summed E-state index contributed by atoms with van der Waals surface area (Å²) in [5, 5.41) is 12.0. The van der Waals surface area contributed by atoms with Gasteiger partial charge >= 0.3 is 0 Å². The lowest BCUT2D eigenvalue weighted by molar-refractivity contribution is -0.113. The van der Waals surface area contributed by atoms with Crippen molar-refractivity contribution in [2.75, 3.05) is 42.3 Å². The van der Waals surface area contributed by atoms with E-state index in [0.717, 1.165) is 30.0 Å². The first-order chi connectivity index (χ1) is 14.2. The van der Waals surface area contributed by atoms with Gasteiger partial charge in [0.1, 0.15) is 0 Å². The smallest absolute Gasteiger partial charge is 0.277 e. The number of morpholine rings is 1. The van der Waals surface area contributed by atoms with Crippen molar-refractivity contribution in [2.24, 2.45) is 0 Å². The molecule has 2 heterocycles. The molecule has 0 radical (unpaired) electrons. The highest BCUT2D eigenvalue weighted by molar-refractivity contribution is 7.99. The fourth-order valence-corrected chi connectivity index (χ4v) is 3.64. The number of nitrogens with one attached hydrogen (secondary N) is 1. The molecule has 7 nitrogen and oxygen atoms in total. The summed E-state index contributed by atoms with van der Waals surface area (Å²) in [4.78, 5) is 14.7. The van der Waals surface area contributed by atoms with Gasteiger partial charge in [-0.2, -0.15) is 0 Å². The van der Waals surface area contributed by atoms with Crippen molar-refractivity contribution in [1.82, 2.24) is 10.2 Å². The second-order valence-electron chi connectivity index (χ2n) is 6.33. The molecule has 1 amide bonds. The number of para-hydroxylation sites is 2. The predicted molar refractivity (Wildman–Crippen MR) is 114 cm³/mol. The molecule has 9 heteroatoms. The molecule has 0 atom stereocenters. The van der Waals surface area contributed by atoms with Crippen LogP contribution in [0, 0.1) is 0 Å². The first-order valence-electron chi connectivity index (χ1n) is 9.13. The third kappa shape index (κ3) is 5.09. The molecule has 29 heavy (non-hydrogen) atoms. The van der Waals surface area contributed by atoms with Crippen LogP contribution in [-0.4, -0.2) is 48.2 Å². The van der Waals surface area contributed by atoms with Gasteiger partial charge in [-0.3, -0.25) is 4.79 Å². The van der Waals surface area contributed by atoms with E-state index >= 15 is 0 Å². The SMILES string of the molecule is O=C(CSc1nnc(-c2ccc(Cl)cc2)o1)Nc1ccccc1N1CCOCC1. The van der Waals surface area contributed by atoms with Crippen LogP contribution in [0.4, 0.5) is 11.4 Å². The van der Waals surface area contributed by atoms with Crippen LogP contribution in [0.2, 0.25) is 5.02 Å². The summed E-state index contributed by atoms with van der Waals surface area (Å²) in [6.07, 6.45) is 0. The molecular formula is C20H19ClN4O3S. The maximum Gasteiger partial charge on any atom is 0.277 e. The molecule has 150 valence electrons. The number of carbonyl (C=O) groups is 1. The topological polar surface area (TPSA) is 80.5 Å². The van der Waals surface area contributed by atoms with E-state index < -0.39 is 0 Å². The highest BCUT2D eigenvalue weighted by Gasteiger charge is 2.16. The van der Waals surface area contributed by atoms with Gasteiger partial charge in [-0.25, -0.2) is 0 Å². The van der Waals surface area contributed by atoms with Crippen molar-refractivity contribution in [1.29, 1.82) is 0 Å². The zero-order valence-corrected chi connectivity index (χ0v) is 17.1. The Kier molecular flexibility index (Phi) is 6.33. The summed E-state index contributed by atoms with van der Waals surface area (Å²) >= 11 is 7.09. The Hall–Kier alpha value is -2.55. The normalized spacial score (nSPS) is 14.0. The third-order valence-electron chi connectivity index (χ3n) is 4.35. The highest BCUT2D eigenvalue weighted by Crippen LogP contribution is 2.28. The first-order valence-corrected chi connectivity index (χ1v) is 10.5. The van der Waals surface area contributed by atoms with Crippen LogP contribution in [0.3, 0.4) is 0 Å². The number of hydrogen-bond acceptors (Lipinski definition) is 7. The number of ether oxygens (including phenoxy) is 1. The minimum atomic E-state index is -0.137. The molecule has 1 saturated heterocycles. The van der Waals surface area contributed by atoms with Crippen LogP contribution < -0.4 is 10.2 Å². The number of carbonyl (C=O) groups excluding carboxylic acids is 1. The standard InChI is InChI=1S/C20H19ClN4O3S/c21-15-7-5-14(6-8-15)19-23-24-20(28-19)29-13-18(26)22-16-3-1-2-4-17(16)25-9-11-27-12-10-25/h1-8H,9-13H2,(H,22,26). The number of hydrogen-bond donors (Lipinski definition) is 1. The van der Waals surface area contributed by atoms with Gasteiger partial charge in [-0.05, 0) is 36.4 Å². The van der Waals surface area contributed by atoms with Crippen LogP contribution >= 0.6 is 23.4 Å². The van der Waals surface area contributed by atoms with Crippen LogP contribution in [0.5, 0.6) is 0 Å². The number of amides is 1. The van der Waals surface area contributed by atoms with E-state index in [1.165, 1.54) is 11.8 Å². The molecule has 2 aromatic carbocycles. The number of thioether (sulfide) groups is 1. The zero-order valence-electron chi connectivity index (χ0n) is 15.5. The molecule has 0 spiro atoms. The van der Waals surface area contributed by atoms with Crippen molar-refractivity contribution in [3.8, 4) is 11.5 Å². The Balaban J connectivity index is 1.36. The average molecular weight is 431 g/mol. The number of halogens is 1. The largest absolute Gasteiger partial charge is 0.411 e. The maximum atomic E-state index is 12.5. The number of nitrogens with zero attached hydrogens (tertiary/aromatic N) is 3. The van der Waals surface area contributed by atoms with Gasteiger partial charge in [0.2, 0.25) is 11.8 Å². The fourth-order valence-electron chi connectivity index (χ4n) is 2.95. The average Bonchev–Trinajstić information content (AvgIpc) is 3.23. The number of benzene rings is 2. The Bertz CT molecular complexity index is 974. The van der Waals surface area contributed by atoms with Crippen molar-refractivity contribution < 1.29 is 13.9 Å². The van der Waals surface area contributed by atoms with E-state index in [1.54, 1.807) is 24.3 Å². The summed E-state index contributed by atoms with van der Waals surface area (Å²) in [6.45, 7) is 2.98. The van der Waals surface area contributed by atoms with Crippen LogP contribution in [-0.2, 0) is 9.53 Å². The highest BCUT2D eigenvalue weighted by atomic mass is 35.5. The summed E-state index contributed by atoms with van der Waals surface area (Å²) in [5.74, 6) is 0.420. The van der Waals surface area contributed by atoms with E-state index in [-0.39, 0.29) is 11.7 Å². The number of anilines is 2. The molecule has 3 aromatic rings. The lowest BCUT2D eigenvalue weighted by Crippen LogP contribution is -2.36. The molecule has 1 N–H and O–H groups in total. The lowest BCUT2D eigenvalue weighted by Gasteiger charge is -2.30. The Morgan fingerprint density at radius 1 is 1.10 bits per heavy atom. The van der Waals surface area contributed by atoms with Crippen molar-refractivity contribution in [3.63, 3.8) is 0 Å². The first kappa shape index (κ1) is 19.8. The number of aromatic nitrogens is 2. The lowest BCUT2D eigenvalue weighted by atomic mass is 10.2. The third-order valence-corrected chi connectivity index (χ3v) is 5.42. The van der Waals surface area contributed by atoms with E-state index in [4.69, 9.17) is 20.8 Å². The maximum absolute atomic E-state index is 12.5. The molecule has 1 aliphatic rings. The van der Waals surface area contributed by atoms with E-state index in [1.807, 2.05) is 24.3 Å². The van der Waals surface area contributed by atoms with Crippen LogP contribution in [0.25, 0.3) is 11.5 Å². The van der Waals surface area contributed by atoms with E-state index in [2.05, 4.69) is 20.4 Å². The second kappa shape index (κ2) is 9.30. The Morgan fingerprint density at radius 2 is 1.86 bits per heavy atom. The van der Waals surface area contributed by atoms with Gasteiger partial charge < -0.3 is 19.4 Å². The quantitative estimate of drug-likeness (QED) is 0.593. The molecule has 1 fully saturated rings. The van der Waals surface area contributed by atoms with Gasteiger partial charge in [0.05, 0.1) is 30.3 Å². The number of rotatable bonds is 6. The molecule has 4 rings (SSSR count). The van der Waals surface area contributed by atoms with Gasteiger partial charge in [-0.15, -0.1) is 10.2 Å². The molecule has 1 aliphatic heterocycles. The zero-order chi connectivity index (χ0) is 20.1. The fraction of sp³-hybridized carbons (Fsp3) is 0.250. The molecular weight excluding hydrogens is 412 g/mol. The van der Waals surface area contributed by atoms with Crippen molar-refractivity contribution >= 4 is 40.6 Å². The minimum Gasteiger partial charge on any atom is -0.411 e. The monoisotopic (exact) mass is 430 g/mol. The van der Waals surface area contributed by atoms with Gasteiger partial charge in [-0.1, -0.05) is 35.5 Å². The summed E-state index contributed by atoms with van der Waals surface area (Å²) in [6, 6.07) is 14.9. The molecule has 0 saturated carbocycles. The van der Waals surface area contributed by atoms with Crippen molar-refractivity contribution in [3.05, 3.63) is 53.6 Å². The van der Waals surface area contributed by atoms with Gasteiger partial charge in [0.15, 0.2) is 0 Å². The molecule has 1 aromatic heterocycles. The van der Waals surface area contributed by atoms with Crippen LogP contribution in [0.15, 0.2) is 58.2 Å². The summed E-state index contributed by atoms with van der Waals surface area (Å²) in [7, 11) is 0. The predicted octanol–water partition coefficient (Wildman–Crippen LogP) is 3.96. The van der Waals surface area contributed by atoms with E-state index in [9.17, 15) is 4.79 Å². The summed E-state index contributed by atoms with van der Waals surface area (Å²) in [5.41, 5.74) is 2.56. The Morgan fingerprint density at radius 3 is 2.66 bits per heavy atom. The van der Waals surface area contributed by atoms with Crippen LogP contribution in [0.1, 0.15) is 0 Å². The van der Waals surface area contributed by atoms with Gasteiger partial charge in [0.25, 0.3) is 5.22 Å². The molecule has 0 bridgehead atoms. The van der Waals surface area contributed by atoms with Gasteiger partial charge in [0, 0.05) is 23.7 Å². The second-order valence-corrected chi connectivity index (χ2v) is 7.70. The van der Waals surface area contributed by atoms with E-state index in [0.29, 0.717) is 29.3 Å². The molecule has 0 aliphatic carbocycles. The summed E-state index contributed by atoms with van der Waals surface area (Å²) < 4.78 is 11.0.